The van der Waals surface area contributed by atoms with E-state index in [1.54, 1.807) is 12.1 Å². The molecular weight excluding hydrogens is 265 g/mol. The Kier molecular flexibility index (Phi) is 4.11. The van der Waals surface area contributed by atoms with Gasteiger partial charge in [0.05, 0.1) is 9.21 Å². The Hall–Kier alpha value is -0.250. The SMILES string of the molecule is O=C(NC1CCC(Cl)CC1)c1ccc(Cl)s1. The standard InChI is InChI=1S/C11H13Cl2NOS/c12-7-1-3-8(4-2-7)14-11(15)9-5-6-10(13)16-9/h5-8H,1-4H2,(H,14,15). The first-order chi connectivity index (χ1) is 7.65. The van der Waals surface area contributed by atoms with Crippen molar-refractivity contribution in [2.45, 2.75) is 37.1 Å². The Morgan fingerprint density at radius 1 is 1.31 bits per heavy atom. The molecule has 1 aromatic rings. The topological polar surface area (TPSA) is 29.1 Å². The quantitative estimate of drug-likeness (QED) is 0.821. The summed E-state index contributed by atoms with van der Waals surface area (Å²) in [5, 5.41) is 3.31. The number of nitrogens with one attached hydrogen (secondary N) is 1. The van der Waals surface area contributed by atoms with E-state index in [0.717, 1.165) is 25.7 Å². The summed E-state index contributed by atoms with van der Waals surface area (Å²) in [4.78, 5) is 12.5. The van der Waals surface area contributed by atoms with Crippen molar-refractivity contribution in [3.63, 3.8) is 0 Å². The summed E-state index contributed by atoms with van der Waals surface area (Å²) in [6, 6.07) is 3.77. The smallest absolute Gasteiger partial charge is 0.261 e. The van der Waals surface area contributed by atoms with Crippen LogP contribution in [0, 0.1) is 0 Å². The lowest BCUT2D eigenvalue weighted by atomic mass is 9.95. The minimum absolute atomic E-state index is 0.0186. The van der Waals surface area contributed by atoms with Crippen LogP contribution < -0.4 is 5.32 Å². The first-order valence-electron chi connectivity index (χ1n) is 5.35. The van der Waals surface area contributed by atoms with E-state index in [4.69, 9.17) is 23.2 Å². The number of hydrogen-bond donors (Lipinski definition) is 1. The summed E-state index contributed by atoms with van der Waals surface area (Å²) in [7, 11) is 0. The van der Waals surface area contributed by atoms with Crippen LogP contribution in [0.25, 0.3) is 0 Å². The molecule has 0 atom stereocenters. The maximum absolute atomic E-state index is 11.8. The van der Waals surface area contributed by atoms with E-state index in [1.807, 2.05) is 0 Å². The van der Waals surface area contributed by atoms with Crippen molar-refractivity contribution < 1.29 is 4.79 Å². The zero-order valence-electron chi connectivity index (χ0n) is 8.71. The Morgan fingerprint density at radius 3 is 2.56 bits per heavy atom. The van der Waals surface area contributed by atoms with Gasteiger partial charge in [-0.05, 0) is 37.8 Å². The van der Waals surface area contributed by atoms with Gasteiger partial charge >= 0.3 is 0 Å². The molecule has 5 heteroatoms. The van der Waals surface area contributed by atoms with Crippen LogP contribution >= 0.6 is 34.5 Å². The maximum Gasteiger partial charge on any atom is 0.261 e. The van der Waals surface area contributed by atoms with Gasteiger partial charge in [0, 0.05) is 11.4 Å². The van der Waals surface area contributed by atoms with Crippen LogP contribution in [-0.4, -0.2) is 17.3 Å². The van der Waals surface area contributed by atoms with Crippen molar-refractivity contribution in [1.82, 2.24) is 5.32 Å². The van der Waals surface area contributed by atoms with Gasteiger partial charge in [-0.2, -0.15) is 0 Å². The predicted octanol–water partition coefficient (Wildman–Crippen LogP) is 3.68. The van der Waals surface area contributed by atoms with Crippen LogP contribution in [-0.2, 0) is 0 Å². The molecule has 1 aliphatic rings. The first-order valence-corrected chi connectivity index (χ1v) is 6.98. The second kappa shape index (κ2) is 5.39. The van der Waals surface area contributed by atoms with Crippen LogP contribution in [0.3, 0.4) is 0 Å². The number of amides is 1. The number of rotatable bonds is 2. The third kappa shape index (κ3) is 3.12. The van der Waals surface area contributed by atoms with Gasteiger partial charge in [-0.25, -0.2) is 0 Å². The fraction of sp³-hybridized carbons (Fsp3) is 0.545. The normalized spacial score (nSPS) is 25.4. The van der Waals surface area contributed by atoms with E-state index in [-0.39, 0.29) is 17.3 Å². The number of alkyl halides is 1. The van der Waals surface area contributed by atoms with Crippen molar-refractivity contribution in [2.24, 2.45) is 0 Å². The number of halogens is 2. The molecule has 1 aliphatic carbocycles. The van der Waals surface area contributed by atoms with E-state index < -0.39 is 0 Å². The van der Waals surface area contributed by atoms with Crippen LogP contribution in [0.1, 0.15) is 35.4 Å². The molecule has 0 spiro atoms. The van der Waals surface area contributed by atoms with E-state index in [9.17, 15) is 4.79 Å². The van der Waals surface area contributed by atoms with Gasteiger partial charge in [-0.15, -0.1) is 22.9 Å². The molecule has 1 heterocycles. The summed E-state index contributed by atoms with van der Waals surface area (Å²) >= 11 is 13.1. The molecule has 1 aromatic heterocycles. The Bertz CT molecular complexity index is 372. The van der Waals surface area contributed by atoms with Crippen molar-refractivity contribution >= 4 is 40.4 Å². The highest BCUT2D eigenvalue weighted by Crippen LogP contribution is 2.24. The average molecular weight is 278 g/mol. The van der Waals surface area contributed by atoms with Crippen LogP contribution in [0.2, 0.25) is 4.34 Å². The van der Waals surface area contributed by atoms with E-state index >= 15 is 0 Å². The summed E-state index contributed by atoms with van der Waals surface area (Å²) in [6.45, 7) is 0. The fourth-order valence-corrected chi connectivity index (χ4v) is 3.09. The molecule has 2 rings (SSSR count). The minimum Gasteiger partial charge on any atom is -0.349 e. The van der Waals surface area contributed by atoms with Crippen molar-refractivity contribution in [3.05, 3.63) is 21.3 Å². The molecule has 1 saturated carbocycles. The van der Waals surface area contributed by atoms with Gasteiger partial charge in [-0.3, -0.25) is 4.79 Å². The number of thiophene rings is 1. The zero-order chi connectivity index (χ0) is 11.5. The zero-order valence-corrected chi connectivity index (χ0v) is 11.0. The molecular formula is C11H13Cl2NOS. The number of carbonyl (C=O) groups excluding carboxylic acids is 1. The molecule has 0 aliphatic heterocycles. The lowest BCUT2D eigenvalue weighted by molar-refractivity contribution is 0.0932. The summed E-state index contributed by atoms with van der Waals surface area (Å²) in [5.74, 6) is -0.0186. The molecule has 2 nitrogen and oxygen atoms in total. The number of hydrogen-bond acceptors (Lipinski definition) is 2. The lowest BCUT2D eigenvalue weighted by Gasteiger charge is -2.25. The highest BCUT2D eigenvalue weighted by atomic mass is 35.5. The second-order valence-electron chi connectivity index (χ2n) is 4.03. The van der Waals surface area contributed by atoms with Crippen LogP contribution in [0.4, 0.5) is 0 Å². The van der Waals surface area contributed by atoms with Gasteiger partial charge in [0.1, 0.15) is 0 Å². The van der Waals surface area contributed by atoms with Gasteiger partial charge in [0.15, 0.2) is 0 Å². The van der Waals surface area contributed by atoms with Gasteiger partial charge < -0.3 is 5.32 Å². The van der Waals surface area contributed by atoms with Crippen LogP contribution in [0.15, 0.2) is 12.1 Å². The molecule has 1 amide bonds. The second-order valence-corrected chi connectivity index (χ2v) is 6.36. The van der Waals surface area contributed by atoms with E-state index in [0.29, 0.717) is 9.21 Å². The monoisotopic (exact) mass is 277 g/mol. The highest BCUT2D eigenvalue weighted by Gasteiger charge is 2.21. The Morgan fingerprint density at radius 2 is 2.00 bits per heavy atom. The third-order valence-electron chi connectivity index (χ3n) is 2.79. The van der Waals surface area contributed by atoms with Gasteiger partial charge in [0.25, 0.3) is 5.91 Å². The summed E-state index contributed by atoms with van der Waals surface area (Å²) in [5.41, 5.74) is 0. The van der Waals surface area contributed by atoms with Crippen molar-refractivity contribution in [1.29, 1.82) is 0 Å². The lowest BCUT2D eigenvalue weighted by Crippen LogP contribution is -2.37. The molecule has 1 N–H and O–H groups in total. The third-order valence-corrected chi connectivity index (χ3v) is 4.46. The van der Waals surface area contributed by atoms with E-state index in [1.165, 1.54) is 11.3 Å². The Labute approximate surface area is 109 Å². The summed E-state index contributed by atoms with van der Waals surface area (Å²) in [6.07, 6.45) is 3.91. The molecule has 0 unspecified atom stereocenters. The van der Waals surface area contributed by atoms with Gasteiger partial charge in [-0.1, -0.05) is 11.6 Å². The highest BCUT2D eigenvalue weighted by molar-refractivity contribution is 7.17. The molecule has 88 valence electrons. The fourth-order valence-electron chi connectivity index (χ4n) is 1.89. The average Bonchev–Trinajstić information content (AvgIpc) is 2.68. The van der Waals surface area contributed by atoms with Crippen molar-refractivity contribution in [3.8, 4) is 0 Å². The van der Waals surface area contributed by atoms with Crippen LogP contribution in [0.5, 0.6) is 0 Å². The molecule has 0 radical (unpaired) electrons. The minimum atomic E-state index is -0.0186. The largest absolute Gasteiger partial charge is 0.349 e. The number of carbonyl (C=O) groups is 1. The Balaban J connectivity index is 1.88. The van der Waals surface area contributed by atoms with Gasteiger partial charge in [0.2, 0.25) is 0 Å². The molecule has 0 aromatic carbocycles. The first kappa shape index (κ1) is 12.2. The predicted molar refractivity (Wildman–Crippen MR) is 68.7 cm³/mol. The molecule has 0 saturated heterocycles. The summed E-state index contributed by atoms with van der Waals surface area (Å²) < 4.78 is 0.648. The molecule has 16 heavy (non-hydrogen) atoms. The van der Waals surface area contributed by atoms with Crippen molar-refractivity contribution in [2.75, 3.05) is 0 Å². The maximum atomic E-state index is 11.8. The van der Waals surface area contributed by atoms with E-state index in [2.05, 4.69) is 5.32 Å². The molecule has 1 fully saturated rings. The molecule has 0 bridgehead atoms.